The number of amides is 2. The molecular formula is C23H22ClF4N3O4. The van der Waals surface area contributed by atoms with E-state index >= 15 is 0 Å². The van der Waals surface area contributed by atoms with Crippen LogP contribution in [0.4, 0.5) is 17.6 Å². The summed E-state index contributed by atoms with van der Waals surface area (Å²) >= 11 is 5.61. The molecule has 0 aromatic heterocycles. The fourth-order valence-electron chi connectivity index (χ4n) is 4.12. The molecule has 0 bridgehead atoms. The smallest absolute Gasteiger partial charge is 0.484 e. The molecule has 35 heavy (non-hydrogen) atoms. The minimum atomic E-state index is -4.78. The Morgan fingerprint density at radius 2 is 1.83 bits per heavy atom. The van der Waals surface area contributed by atoms with E-state index in [-0.39, 0.29) is 47.5 Å². The quantitative estimate of drug-likeness (QED) is 0.575. The van der Waals surface area contributed by atoms with Crippen LogP contribution in [0, 0.1) is 5.82 Å². The van der Waals surface area contributed by atoms with Gasteiger partial charge in [-0.25, -0.2) is 4.39 Å². The monoisotopic (exact) mass is 515 g/mol. The lowest BCUT2D eigenvalue weighted by atomic mass is 9.99. The van der Waals surface area contributed by atoms with Crippen molar-refractivity contribution >= 4 is 23.4 Å². The van der Waals surface area contributed by atoms with E-state index in [0.717, 1.165) is 11.6 Å². The van der Waals surface area contributed by atoms with Gasteiger partial charge in [-0.15, -0.1) is 13.2 Å². The summed E-state index contributed by atoms with van der Waals surface area (Å²) in [4.78, 5) is 26.7. The van der Waals surface area contributed by atoms with Gasteiger partial charge in [-0.1, -0.05) is 17.7 Å². The molecule has 2 atom stereocenters. The molecule has 2 aromatic rings. The summed E-state index contributed by atoms with van der Waals surface area (Å²) in [6.45, 7) is 0.569. The predicted octanol–water partition coefficient (Wildman–Crippen LogP) is 3.54. The van der Waals surface area contributed by atoms with Crippen LogP contribution in [0.25, 0.3) is 0 Å². The molecule has 1 fully saturated rings. The van der Waals surface area contributed by atoms with E-state index < -0.39 is 18.2 Å². The third kappa shape index (κ3) is 6.55. The van der Waals surface area contributed by atoms with Crippen LogP contribution in [-0.4, -0.2) is 48.3 Å². The Morgan fingerprint density at radius 3 is 2.51 bits per heavy atom. The van der Waals surface area contributed by atoms with Crippen molar-refractivity contribution in [3.8, 4) is 11.5 Å². The van der Waals surface area contributed by atoms with Crippen LogP contribution >= 0.6 is 11.6 Å². The van der Waals surface area contributed by atoms with E-state index in [1.165, 1.54) is 30.3 Å². The Hall–Kier alpha value is -3.05. The van der Waals surface area contributed by atoms with Crippen LogP contribution < -0.4 is 20.1 Å². The van der Waals surface area contributed by atoms with Gasteiger partial charge in [-0.3, -0.25) is 9.59 Å². The number of carbonyl (C=O) groups is 2. The van der Waals surface area contributed by atoms with Crippen molar-refractivity contribution in [2.45, 2.75) is 44.4 Å². The highest BCUT2D eigenvalue weighted by molar-refractivity contribution is 6.30. The second kappa shape index (κ2) is 10.3. The maximum atomic E-state index is 13.4. The van der Waals surface area contributed by atoms with Gasteiger partial charge in [0.1, 0.15) is 17.3 Å². The molecule has 0 saturated carbocycles. The fraction of sp³-hybridized carbons (Fsp3) is 0.391. The van der Waals surface area contributed by atoms with Crippen molar-refractivity contribution in [2.24, 2.45) is 0 Å². The van der Waals surface area contributed by atoms with Crippen molar-refractivity contribution in [1.82, 2.24) is 15.5 Å². The van der Waals surface area contributed by atoms with Gasteiger partial charge in [0.25, 0.3) is 5.91 Å². The molecule has 188 valence electrons. The predicted molar refractivity (Wildman–Crippen MR) is 117 cm³/mol. The van der Waals surface area contributed by atoms with Gasteiger partial charge in [-0.05, 0) is 48.2 Å². The second-order valence-corrected chi connectivity index (χ2v) is 8.75. The van der Waals surface area contributed by atoms with E-state index in [1.54, 1.807) is 4.90 Å². The minimum absolute atomic E-state index is 0.0442. The van der Waals surface area contributed by atoms with Gasteiger partial charge < -0.3 is 25.0 Å². The van der Waals surface area contributed by atoms with Gasteiger partial charge in [0.15, 0.2) is 6.61 Å². The first-order valence-corrected chi connectivity index (χ1v) is 11.2. The minimum Gasteiger partial charge on any atom is -0.484 e. The molecule has 12 heteroatoms. The van der Waals surface area contributed by atoms with Crippen LogP contribution in [0.3, 0.4) is 0 Å². The van der Waals surface area contributed by atoms with Crippen LogP contribution in [0.5, 0.6) is 11.5 Å². The number of piperidine rings is 1. The third-order valence-electron chi connectivity index (χ3n) is 5.78. The van der Waals surface area contributed by atoms with Crippen molar-refractivity contribution < 1.29 is 36.6 Å². The lowest BCUT2D eigenvalue weighted by Crippen LogP contribution is -2.55. The first kappa shape index (κ1) is 25.1. The first-order valence-electron chi connectivity index (χ1n) is 10.8. The average molecular weight is 516 g/mol. The van der Waals surface area contributed by atoms with E-state index in [2.05, 4.69) is 15.4 Å². The summed E-state index contributed by atoms with van der Waals surface area (Å²) in [7, 11) is 0. The number of hydrogen-bond acceptors (Lipinski definition) is 5. The van der Waals surface area contributed by atoms with E-state index in [1.807, 2.05) is 0 Å². The van der Waals surface area contributed by atoms with Crippen molar-refractivity contribution in [2.75, 3.05) is 13.2 Å². The average Bonchev–Trinajstić information content (AvgIpc) is 3.22. The van der Waals surface area contributed by atoms with Crippen LogP contribution in [0.15, 0.2) is 36.4 Å². The van der Waals surface area contributed by atoms with Crippen LogP contribution in [0.2, 0.25) is 5.02 Å². The Labute approximate surface area is 203 Å². The molecule has 7 nitrogen and oxygen atoms in total. The summed E-state index contributed by atoms with van der Waals surface area (Å²) in [5, 5.41) is 5.89. The fourth-order valence-corrected chi connectivity index (χ4v) is 4.24. The molecule has 0 spiro atoms. The first-order chi connectivity index (χ1) is 16.6. The molecule has 2 unspecified atom stereocenters. The highest BCUT2D eigenvalue weighted by Gasteiger charge is 2.34. The van der Waals surface area contributed by atoms with Gasteiger partial charge in [0.05, 0.1) is 11.1 Å². The zero-order valence-electron chi connectivity index (χ0n) is 18.3. The molecular weight excluding hydrogens is 494 g/mol. The summed E-state index contributed by atoms with van der Waals surface area (Å²) in [6.07, 6.45) is -3.75. The Balaban J connectivity index is 1.22. The zero-order valence-corrected chi connectivity index (χ0v) is 19.1. The number of halogens is 5. The number of hydrogen-bond donors (Lipinski definition) is 2. The number of nitrogens with zero attached hydrogens (tertiary/aromatic N) is 1. The van der Waals surface area contributed by atoms with Gasteiger partial charge in [0, 0.05) is 31.7 Å². The molecule has 2 aliphatic rings. The van der Waals surface area contributed by atoms with E-state index in [0.29, 0.717) is 31.5 Å². The van der Waals surface area contributed by atoms with Crippen molar-refractivity contribution in [3.05, 3.63) is 58.4 Å². The van der Waals surface area contributed by atoms with Gasteiger partial charge >= 0.3 is 6.36 Å². The number of carbonyl (C=O) groups excluding carboxylic acids is 2. The largest absolute Gasteiger partial charge is 0.573 e. The second-order valence-electron chi connectivity index (χ2n) is 8.34. The number of rotatable bonds is 6. The Morgan fingerprint density at radius 1 is 1.09 bits per heavy atom. The summed E-state index contributed by atoms with van der Waals surface area (Å²) in [6, 6.07) is 7.28. The van der Waals surface area contributed by atoms with Crippen LogP contribution in [-0.2, 0) is 22.7 Å². The number of fused-ring (bicyclic) bond motifs is 1. The molecule has 2 heterocycles. The number of nitrogens with one attached hydrogen (secondary N) is 2. The maximum Gasteiger partial charge on any atom is 0.573 e. The highest BCUT2D eigenvalue weighted by atomic mass is 35.5. The molecule has 0 radical (unpaired) electrons. The normalized spacial score (nSPS) is 19.7. The number of ether oxygens (including phenoxy) is 2. The number of alkyl halides is 3. The molecule has 2 aliphatic heterocycles. The SMILES string of the molecule is O=C(COc1ccc(Cl)c(F)c1)NC1CCC(C(=O)N2Cc3ccc(OC(F)(F)F)cc3C2)NC1. The van der Waals surface area contributed by atoms with Gasteiger partial charge in [-0.2, -0.15) is 0 Å². The molecule has 4 rings (SSSR count). The molecule has 2 N–H and O–H groups in total. The van der Waals surface area contributed by atoms with Crippen molar-refractivity contribution in [1.29, 1.82) is 0 Å². The summed E-state index contributed by atoms with van der Waals surface area (Å²) < 4.78 is 60.0. The lowest BCUT2D eigenvalue weighted by molar-refractivity contribution is -0.274. The van der Waals surface area contributed by atoms with Crippen molar-refractivity contribution in [3.63, 3.8) is 0 Å². The maximum absolute atomic E-state index is 13.4. The van der Waals surface area contributed by atoms with Crippen LogP contribution in [0.1, 0.15) is 24.0 Å². The molecule has 2 amide bonds. The zero-order chi connectivity index (χ0) is 25.2. The molecule has 1 saturated heterocycles. The van der Waals surface area contributed by atoms with E-state index in [9.17, 15) is 27.2 Å². The topological polar surface area (TPSA) is 79.9 Å². The third-order valence-corrected chi connectivity index (χ3v) is 6.09. The molecule has 0 aliphatic carbocycles. The summed E-state index contributed by atoms with van der Waals surface area (Å²) in [5.41, 5.74) is 1.39. The lowest BCUT2D eigenvalue weighted by Gasteiger charge is -2.32. The number of benzene rings is 2. The Bertz CT molecular complexity index is 1110. The van der Waals surface area contributed by atoms with E-state index in [4.69, 9.17) is 16.3 Å². The highest BCUT2D eigenvalue weighted by Crippen LogP contribution is 2.30. The Kier molecular flexibility index (Phi) is 7.36. The standard InChI is InChI=1S/C23H22ClF4N3O4/c24-18-5-4-16(8-19(18)25)34-12-21(32)30-15-2-6-20(29-9-15)22(33)31-10-13-1-3-17(7-14(13)11-31)35-23(26,27)28/h1,3-5,7-8,15,20,29H,2,6,9-12H2,(H,30,32). The van der Waals surface area contributed by atoms with Gasteiger partial charge in [0.2, 0.25) is 5.91 Å². The molecule has 2 aromatic carbocycles. The summed E-state index contributed by atoms with van der Waals surface area (Å²) in [5.74, 6) is -1.32.